The van der Waals surface area contributed by atoms with Gasteiger partial charge in [0.1, 0.15) is 23.7 Å². The minimum Gasteiger partial charge on any atom is -0.378 e. The first-order valence-electron chi connectivity index (χ1n) is 11.8. The van der Waals surface area contributed by atoms with E-state index in [9.17, 15) is 17.6 Å². The van der Waals surface area contributed by atoms with Gasteiger partial charge >= 0.3 is 0 Å². The molecule has 6 heterocycles. The van der Waals surface area contributed by atoms with Crippen LogP contribution in [0.2, 0.25) is 0 Å². The number of nitrogens with one attached hydrogen (secondary N) is 1. The summed E-state index contributed by atoms with van der Waals surface area (Å²) in [6.07, 6.45) is -0.305. The van der Waals surface area contributed by atoms with Crippen LogP contribution in [0.1, 0.15) is 12.8 Å². The lowest BCUT2D eigenvalue weighted by molar-refractivity contribution is -0.0780. The molecule has 11 nitrogen and oxygen atoms in total. The molecule has 6 rings (SSSR count). The second kappa shape index (κ2) is 10.4. The van der Waals surface area contributed by atoms with Crippen molar-refractivity contribution in [2.75, 3.05) is 44.4 Å². The van der Waals surface area contributed by atoms with Crippen LogP contribution in [0.5, 0.6) is 0 Å². The van der Waals surface area contributed by atoms with Crippen molar-refractivity contribution in [1.82, 2.24) is 39.5 Å². The van der Waals surface area contributed by atoms with Crippen molar-refractivity contribution >= 4 is 28.4 Å². The van der Waals surface area contributed by atoms with Gasteiger partial charge in [0.2, 0.25) is 5.95 Å². The van der Waals surface area contributed by atoms with Crippen molar-refractivity contribution in [3.8, 4) is 11.3 Å². The molecule has 198 valence electrons. The van der Waals surface area contributed by atoms with E-state index in [2.05, 4.69) is 35.6 Å². The maximum Gasteiger partial charge on any atom is 0.258 e. The fourth-order valence-corrected chi connectivity index (χ4v) is 4.45. The number of ether oxygens (including phenoxy) is 1. The van der Waals surface area contributed by atoms with E-state index < -0.39 is 25.0 Å². The van der Waals surface area contributed by atoms with Crippen molar-refractivity contribution < 1.29 is 22.3 Å². The maximum atomic E-state index is 14.6. The Hall–Kier alpha value is -3.59. The van der Waals surface area contributed by atoms with Crippen LogP contribution in [0.3, 0.4) is 0 Å². The van der Waals surface area contributed by atoms with Crippen molar-refractivity contribution in [2.45, 2.75) is 38.0 Å². The Balaban J connectivity index is 0.000000212. The lowest BCUT2D eigenvalue weighted by Gasteiger charge is -2.40. The van der Waals surface area contributed by atoms with Crippen LogP contribution >= 0.6 is 0 Å². The van der Waals surface area contributed by atoms with Gasteiger partial charge in [-0.05, 0) is 31.5 Å². The van der Waals surface area contributed by atoms with Crippen LogP contribution in [0.25, 0.3) is 27.9 Å². The fourth-order valence-electron chi connectivity index (χ4n) is 4.45. The SMILES string of the molecule is CNc1nc(N)nn2cc(F)c(-c3ccc4nnn(CC(F)F)c4n3)c12.F[C@@H]1CCCN(C2COC2)C1. The lowest BCUT2D eigenvalue weighted by Crippen LogP contribution is -2.52. The summed E-state index contributed by atoms with van der Waals surface area (Å²) >= 11 is 0. The van der Waals surface area contributed by atoms with Crippen molar-refractivity contribution in [1.29, 1.82) is 0 Å². The molecule has 4 aromatic rings. The molecule has 0 aromatic carbocycles. The predicted octanol–water partition coefficient (Wildman–Crippen LogP) is 2.38. The van der Waals surface area contributed by atoms with E-state index in [-0.39, 0.29) is 22.9 Å². The van der Waals surface area contributed by atoms with Crippen LogP contribution in [-0.4, -0.2) is 91.5 Å². The van der Waals surface area contributed by atoms with E-state index in [1.165, 1.54) is 16.6 Å². The van der Waals surface area contributed by atoms with E-state index in [0.717, 1.165) is 43.5 Å². The number of piperidine rings is 1. The lowest BCUT2D eigenvalue weighted by atomic mass is 10.1. The minimum absolute atomic E-state index is 0.0361. The Kier molecular flexibility index (Phi) is 7.06. The molecule has 4 aromatic heterocycles. The van der Waals surface area contributed by atoms with Gasteiger partial charge in [0.05, 0.1) is 36.7 Å². The van der Waals surface area contributed by atoms with Crippen LogP contribution in [0, 0.1) is 5.82 Å². The summed E-state index contributed by atoms with van der Waals surface area (Å²) in [5.41, 5.74) is 6.71. The van der Waals surface area contributed by atoms with Gasteiger partial charge in [-0.25, -0.2) is 31.7 Å². The molecule has 0 unspecified atom stereocenters. The number of hydrogen-bond donors (Lipinski definition) is 2. The second-order valence-corrected chi connectivity index (χ2v) is 8.84. The average Bonchev–Trinajstić information content (AvgIpc) is 3.36. The first kappa shape index (κ1) is 25.1. The summed E-state index contributed by atoms with van der Waals surface area (Å²) in [4.78, 5) is 10.5. The Morgan fingerprint density at radius 3 is 2.73 bits per heavy atom. The Bertz CT molecular complexity index is 1390. The molecule has 37 heavy (non-hydrogen) atoms. The van der Waals surface area contributed by atoms with E-state index in [1.807, 2.05) is 0 Å². The van der Waals surface area contributed by atoms with Gasteiger partial charge in [0.25, 0.3) is 6.43 Å². The smallest absolute Gasteiger partial charge is 0.258 e. The second-order valence-electron chi connectivity index (χ2n) is 8.84. The number of pyridine rings is 1. The summed E-state index contributed by atoms with van der Waals surface area (Å²) in [6.45, 7) is 2.66. The molecule has 2 saturated heterocycles. The number of hydrogen-bond acceptors (Lipinski definition) is 9. The molecule has 2 aliphatic heterocycles. The van der Waals surface area contributed by atoms with Gasteiger partial charge in [0, 0.05) is 13.6 Å². The van der Waals surface area contributed by atoms with Gasteiger partial charge in [-0.1, -0.05) is 5.21 Å². The molecule has 0 amide bonds. The van der Waals surface area contributed by atoms with Crippen LogP contribution < -0.4 is 11.1 Å². The van der Waals surface area contributed by atoms with Gasteiger partial charge in [-0.3, -0.25) is 4.90 Å². The number of fused-ring (bicyclic) bond motifs is 2. The van der Waals surface area contributed by atoms with E-state index in [0.29, 0.717) is 29.4 Å². The molecule has 0 saturated carbocycles. The molecular formula is C22H26F4N10O. The Labute approximate surface area is 208 Å². The number of anilines is 2. The largest absolute Gasteiger partial charge is 0.378 e. The molecule has 15 heteroatoms. The fraction of sp³-hybridized carbons (Fsp3) is 0.500. The normalized spacial score (nSPS) is 18.7. The Morgan fingerprint density at radius 2 is 2.05 bits per heavy atom. The van der Waals surface area contributed by atoms with Crippen LogP contribution in [0.4, 0.5) is 29.3 Å². The summed E-state index contributed by atoms with van der Waals surface area (Å²) in [5.74, 6) is -0.343. The number of alkyl halides is 3. The highest BCUT2D eigenvalue weighted by atomic mass is 19.3. The predicted molar refractivity (Wildman–Crippen MR) is 128 cm³/mol. The number of nitrogen functional groups attached to an aromatic ring is 1. The molecular weight excluding hydrogens is 496 g/mol. The maximum absolute atomic E-state index is 14.6. The molecule has 0 aliphatic carbocycles. The third-order valence-electron chi connectivity index (χ3n) is 6.30. The third-order valence-corrected chi connectivity index (χ3v) is 6.30. The average molecular weight is 523 g/mol. The zero-order valence-corrected chi connectivity index (χ0v) is 20.0. The summed E-state index contributed by atoms with van der Waals surface area (Å²) < 4.78 is 60.2. The van der Waals surface area contributed by atoms with Crippen molar-refractivity contribution in [3.63, 3.8) is 0 Å². The number of nitrogens with two attached hydrogens (primary N) is 1. The number of aromatic nitrogens is 7. The summed E-state index contributed by atoms with van der Waals surface area (Å²) in [5, 5.41) is 14.2. The van der Waals surface area contributed by atoms with Crippen LogP contribution in [-0.2, 0) is 11.3 Å². The van der Waals surface area contributed by atoms with Crippen LogP contribution in [0.15, 0.2) is 18.3 Å². The minimum atomic E-state index is -2.62. The molecule has 0 bridgehead atoms. The zero-order chi connectivity index (χ0) is 26.1. The monoisotopic (exact) mass is 522 g/mol. The third kappa shape index (κ3) is 5.13. The number of likely N-dealkylation sites (tertiary alicyclic amines) is 1. The highest BCUT2D eigenvalue weighted by Gasteiger charge is 2.30. The molecule has 0 radical (unpaired) electrons. The van der Waals surface area contributed by atoms with Gasteiger partial charge in [-0.2, -0.15) is 4.98 Å². The first-order valence-corrected chi connectivity index (χ1v) is 11.8. The van der Waals surface area contributed by atoms with E-state index in [4.69, 9.17) is 10.5 Å². The Morgan fingerprint density at radius 1 is 1.24 bits per heavy atom. The van der Waals surface area contributed by atoms with Gasteiger partial charge in [0.15, 0.2) is 17.3 Å². The molecule has 0 spiro atoms. The standard InChI is InChI=1S/C14H12F3N9.C8H14FNO/c1-19-12-11-10(6(15)4-25(11)23-14(18)21-12)7-2-3-8-13(20-7)26(24-22-8)5-9(16)17;9-7-2-1-3-10(4-7)8-5-11-6-8/h2-4,9H,5H2,1H3,(H3,18,19,21,23);7-8H,1-6H2/t;7-/m.1/s1. The van der Waals surface area contributed by atoms with E-state index >= 15 is 0 Å². The number of nitrogens with zero attached hydrogens (tertiary/aromatic N) is 8. The highest BCUT2D eigenvalue weighted by Crippen LogP contribution is 2.32. The van der Waals surface area contributed by atoms with E-state index in [1.54, 1.807) is 7.05 Å². The van der Waals surface area contributed by atoms with Crippen molar-refractivity contribution in [2.24, 2.45) is 0 Å². The first-order chi connectivity index (χ1) is 17.8. The number of rotatable bonds is 5. The quantitative estimate of drug-likeness (QED) is 0.380. The molecule has 2 fully saturated rings. The summed E-state index contributed by atoms with van der Waals surface area (Å²) in [6, 6.07) is 3.58. The molecule has 3 N–H and O–H groups in total. The zero-order valence-electron chi connectivity index (χ0n) is 20.0. The molecule has 2 aliphatic rings. The summed E-state index contributed by atoms with van der Waals surface area (Å²) in [7, 11) is 1.61. The van der Waals surface area contributed by atoms with Gasteiger partial charge < -0.3 is 15.8 Å². The highest BCUT2D eigenvalue weighted by molar-refractivity contribution is 5.89. The topological polar surface area (TPSA) is 124 Å². The van der Waals surface area contributed by atoms with Gasteiger partial charge in [-0.15, -0.1) is 10.2 Å². The van der Waals surface area contributed by atoms with Crippen molar-refractivity contribution in [3.05, 3.63) is 24.1 Å². The number of halogens is 4. The molecule has 1 atom stereocenters.